The van der Waals surface area contributed by atoms with Gasteiger partial charge in [0.15, 0.2) is 5.65 Å². The molecular weight excluding hydrogens is 366 g/mol. The van der Waals surface area contributed by atoms with E-state index in [1.807, 2.05) is 28.8 Å². The summed E-state index contributed by atoms with van der Waals surface area (Å²) in [5.74, 6) is 1.88. The molecule has 4 aromatic rings. The Balaban J connectivity index is 1.28. The first-order valence-electron chi connectivity index (χ1n) is 10.1. The summed E-state index contributed by atoms with van der Waals surface area (Å²) in [7, 11) is 1.73. The maximum absolute atomic E-state index is 6.43. The smallest absolute Gasteiger partial charge is 0.231 e. The van der Waals surface area contributed by atoms with Crippen molar-refractivity contribution in [1.82, 2.24) is 19.2 Å². The van der Waals surface area contributed by atoms with Crippen LogP contribution in [0.4, 0.5) is 5.95 Å². The van der Waals surface area contributed by atoms with E-state index in [1.54, 1.807) is 7.11 Å². The topological polar surface area (TPSA) is 56.8 Å². The number of methoxy groups -OCH3 is 1. The number of nitrogens with zero attached hydrogens (tertiary/aromatic N) is 5. The highest BCUT2D eigenvalue weighted by molar-refractivity contribution is 5.86. The summed E-state index contributed by atoms with van der Waals surface area (Å²) >= 11 is 0. The molecule has 29 heavy (non-hydrogen) atoms. The van der Waals surface area contributed by atoms with Crippen molar-refractivity contribution in [3.63, 3.8) is 0 Å². The lowest BCUT2D eigenvalue weighted by Gasteiger charge is -2.32. The number of benzene rings is 1. The van der Waals surface area contributed by atoms with E-state index in [0.29, 0.717) is 6.61 Å². The summed E-state index contributed by atoms with van der Waals surface area (Å²) in [5, 5.41) is 9.81. The van der Waals surface area contributed by atoms with Crippen LogP contribution in [-0.2, 0) is 11.3 Å². The Labute approximate surface area is 169 Å². The second-order valence-electron chi connectivity index (χ2n) is 7.42. The van der Waals surface area contributed by atoms with Crippen LogP contribution in [0.5, 0.6) is 5.75 Å². The Kier molecular flexibility index (Phi) is 4.81. The normalized spacial score (nSPS) is 15.4. The van der Waals surface area contributed by atoms with Gasteiger partial charge in [-0.05, 0) is 30.3 Å². The molecule has 7 heteroatoms. The number of anilines is 1. The largest absolute Gasteiger partial charge is 0.490 e. The van der Waals surface area contributed by atoms with Gasteiger partial charge in [0.2, 0.25) is 5.95 Å². The average Bonchev–Trinajstić information content (AvgIpc) is 3.38. The predicted molar refractivity (Wildman–Crippen MR) is 113 cm³/mol. The van der Waals surface area contributed by atoms with Crippen molar-refractivity contribution in [2.45, 2.75) is 25.5 Å². The highest BCUT2D eigenvalue weighted by Gasteiger charge is 2.24. The van der Waals surface area contributed by atoms with Crippen LogP contribution in [0, 0.1) is 0 Å². The fourth-order valence-corrected chi connectivity index (χ4v) is 4.08. The van der Waals surface area contributed by atoms with Crippen molar-refractivity contribution in [2.24, 2.45) is 0 Å². The maximum Gasteiger partial charge on any atom is 0.231 e. The van der Waals surface area contributed by atoms with E-state index in [0.717, 1.165) is 55.2 Å². The van der Waals surface area contributed by atoms with Gasteiger partial charge in [-0.25, -0.2) is 0 Å². The lowest BCUT2D eigenvalue weighted by Crippen LogP contribution is -2.39. The second-order valence-corrected chi connectivity index (χ2v) is 7.42. The summed E-state index contributed by atoms with van der Waals surface area (Å²) < 4.78 is 15.9. The molecule has 1 saturated heterocycles. The third kappa shape index (κ3) is 3.42. The average molecular weight is 391 g/mol. The zero-order valence-corrected chi connectivity index (χ0v) is 16.6. The number of fused-ring (bicyclic) bond motifs is 2. The number of hydrogen-bond acceptors (Lipinski definition) is 5. The molecule has 150 valence electrons. The molecule has 0 radical (unpaired) electrons. The first-order chi connectivity index (χ1) is 14.3. The molecule has 0 atom stereocenters. The van der Waals surface area contributed by atoms with Crippen molar-refractivity contribution in [2.75, 3.05) is 31.7 Å². The Morgan fingerprint density at radius 3 is 2.76 bits per heavy atom. The number of rotatable bonds is 6. The summed E-state index contributed by atoms with van der Waals surface area (Å²) in [4.78, 5) is 2.29. The van der Waals surface area contributed by atoms with Crippen LogP contribution in [0.3, 0.4) is 0 Å². The van der Waals surface area contributed by atoms with Gasteiger partial charge in [-0.3, -0.25) is 4.40 Å². The highest BCUT2D eigenvalue weighted by Crippen LogP contribution is 2.30. The lowest BCUT2D eigenvalue weighted by atomic mass is 10.1. The van der Waals surface area contributed by atoms with Crippen molar-refractivity contribution in [3.05, 3.63) is 54.9 Å². The standard InChI is InChI=1S/C22H25N5O2/c1-28-16-15-25-14-10-18-19(25)5-4-6-20(18)29-17-8-12-26(13-9-17)22-24-23-21-7-2-3-11-27(21)22/h2-7,10-11,14,17H,8-9,12-13,15-16H2,1H3. The van der Waals surface area contributed by atoms with Gasteiger partial charge in [-0.1, -0.05) is 12.1 Å². The summed E-state index contributed by atoms with van der Waals surface area (Å²) in [6.07, 6.45) is 6.25. The van der Waals surface area contributed by atoms with Crippen LogP contribution in [0.1, 0.15) is 12.8 Å². The molecule has 0 aliphatic carbocycles. The molecule has 0 unspecified atom stereocenters. The first kappa shape index (κ1) is 18.0. The van der Waals surface area contributed by atoms with E-state index in [-0.39, 0.29) is 6.10 Å². The molecule has 0 saturated carbocycles. The first-order valence-corrected chi connectivity index (χ1v) is 10.1. The molecule has 1 aromatic carbocycles. The molecule has 1 aliphatic heterocycles. The summed E-state index contributed by atoms with van der Waals surface area (Å²) in [6.45, 7) is 3.36. The molecule has 3 aromatic heterocycles. The van der Waals surface area contributed by atoms with Crippen molar-refractivity contribution >= 4 is 22.5 Å². The zero-order chi connectivity index (χ0) is 19.6. The molecule has 0 N–H and O–H groups in total. The fraction of sp³-hybridized carbons (Fsp3) is 0.364. The zero-order valence-electron chi connectivity index (χ0n) is 16.6. The Bertz CT molecular complexity index is 1110. The van der Waals surface area contributed by atoms with Gasteiger partial charge in [0.05, 0.1) is 12.1 Å². The quantitative estimate of drug-likeness (QED) is 0.504. The fourth-order valence-electron chi connectivity index (χ4n) is 4.08. The monoisotopic (exact) mass is 391 g/mol. The number of aromatic nitrogens is 4. The minimum absolute atomic E-state index is 0.207. The van der Waals surface area contributed by atoms with Crippen molar-refractivity contribution in [3.8, 4) is 5.75 Å². The van der Waals surface area contributed by atoms with Crippen LogP contribution in [-0.4, -0.2) is 52.1 Å². The van der Waals surface area contributed by atoms with Gasteiger partial charge in [0, 0.05) is 57.4 Å². The third-order valence-corrected chi connectivity index (χ3v) is 5.62. The molecule has 7 nitrogen and oxygen atoms in total. The van der Waals surface area contributed by atoms with Gasteiger partial charge < -0.3 is 18.9 Å². The summed E-state index contributed by atoms with van der Waals surface area (Å²) in [6, 6.07) is 14.4. The maximum atomic E-state index is 6.43. The summed E-state index contributed by atoms with van der Waals surface area (Å²) in [5.41, 5.74) is 2.07. The van der Waals surface area contributed by atoms with Crippen LogP contribution < -0.4 is 9.64 Å². The van der Waals surface area contributed by atoms with Crippen molar-refractivity contribution in [1.29, 1.82) is 0 Å². The molecule has 5 rings (SSSR count). The minimum atomic E-state index is 0.207. The number of hydrogen-bond donors (Lipinski definition) is 0. The van der Waals surface area contributed by atoms with Crippen LogP contribution in [0.2, 0.25) is 0 Å². The third-order valence-electron chi connectivity index (χ3n) is 5.62. The van der Waals surface area contributed by atoms with E-state index in [9.17, 15) is 0 Å². The SMILES string of the molecule is COCCn1ccc2c(OC3CCN(c4nnc5ccccn45)CC3)cccc21. The van der Waals surface area contributed by atoms with Crippen LogP contribution in [0.25, 0.3) is 16.6 Å². The molecule has 1 fully saturated rings. The molecule has 0 bridgehead atoms. The van der Waals surface area contributed by atoms with E-state index in [2.05, 4.69) is 50.1 Å². The van der Waals surface area contributed by atoms with Gasteiger partial charge in [0.25, 0.3) is 0 Å². The lowest BCUT2D eigenvalue weighted by molar-refractivity contribution is 0.172. The van der Waals surface area contributed by atoms with E-state index < -0.39 is 0 Å². The van der Waals surface area contributed by atoms with Crippen LogP contribution >= 0.6 is 0 Å². The van der Waals surface area contributed by atoms with Gasteiger partial charge in [-0.15, -0.1) is 10.2 Å². The molecule has 1 aliphatic rings. The van der Waals surface area contributed by atoms with Gasteiger partial charge in [0.1, 0.15) is 11.9 Å². The number of piperidine rings is 1. The Hall–Kier alpha value is -3.06. The predicted octanol–water partition coefficient (Wildman–Crippen LogP) is 3.38. The Morgan fingerprint density at radius 2 is 1.90 bits per heavy atom. The highest BCUT2D eigenvalue weighted by atomic mass is 16.5. The second kappa shape index (κ2) is 7.75. The van der Waals surface area contributed by atoms with E-state index in [4.69, 9.17) is 9.47 Å². The van der Waals surface area contributed by atoms with Gasteiger partial charge in [-0.2, -0.15) is 0 Å². The van der Waals surface area contributed by atoms with Crippen molar-refractivity contribution < 1.29 is 9.47 Å². The minimum Gasteiger partial charge on any atom is -0.490 e. The number of ether oxygens (including phenoxy) is 2. The molecular formula is C22H25N5O2. The van der Waals surface area contributed by atoms with E-state index in [1.165, 1.54) is 5.52 Å². The number of pyridine rings is 1. The molecule has 0 amide bonds. The molecule has 0 spiro atoms. The van der Waals surface area contributed by atoms with E-state index >= 15 is 0 Å². The van der Waals surface area contributed by atoms with Gasteiger partial charge >= 0.3 is 0 Å². The molecule has 4 heterocycles. The van der Waals surface area contributed by atoms with Crippen LogP contribution in [0.15, 0.2) is 54.9 Å². The Morgan fingerprint density at radius 1 is 1.00 bits per heavy atom.